The Labute approximate surface area is 189 Å². The maximum absolute atomic E-state index is 6.42. The predicted molar refractivity (Wildman–Crippen MR) is 136 cm³/mol. The lowest BCUT2D eigenvalue weighted by Crippen LogP contribution is -2.22. The Kier molecular flexibility index (Phi) is 5.25. The van der Waals surface area contributed by atoms with Gasteiger partial charge in [-0.1, -0.05) is 12.1 Å². The molecule has 3 N–H and O–H groups in total. The van der Waals surface area contributed by atoms with Gasteiger partial charge in [0.15, 0.2) is 0 Å². The van der Waals surface area contributed by atoms with Gasteiger partial charge in [0.05, 0.1) is 11.9 Å². The molecule has 2 aromatic heterocycles. The Morgan fingerprint density at radius 1 is 0.938 bits per heavy atom. The van der Waals surface area contributed by atoms with Crippen molar-refractivity contribution in [3.63, 3.8) is 0 Å². The molecular formula is C27H31N5. The van der Waals surface area contributed by atoms with Gasteiger partial charge in [0.1, 0.15) is 0 Å². The third-order valence-electron chi connectivity index (χ3n) is 6.81. The number of aromatic nitrogens is 2. The van der Waals surface area contributed by atoms with E-state index in [0.29, 0.717) is 0 Å². The van der Waals surface area contributed by atoms with E-state index < -0.39 is 0 Å². The Balaban J connectivity index is 1.65. The molecule has 0 aliphatic carbocycles. The fourth-order valence-electron chi connectivity index (χ4n) is 4.81. The molecule has 0 radical (unpaired) electrons. The molecule has 0 saturated heterocycles. The van der Waals surface area contributed by atoms with Crippen LogP contribution in [0.4, 0.5) is 17.1 Å². The summed E-state index contributed by atoms with van der Waals surface area (Å²) < 4.78 is 0. The van der Waals surface area contributed by atoms with E-state index in [4.69, 9.17) is 5.73 Å². The van der Waals surface area contributed by atoms with E-state index in [1.165, 1.54) is 27.8 Å². The molecule has 0 fully saturated rings. The number of aromatic amines is 1. The molecule has 1 aliphatic heterocycles. The molecular weight excluding hydrogens is 394 g/mol. The van der Waals surface area contributed by atoms with E-state index in [0.717, 1.165) is 60.4 Å². The first kappa shape index (κ1) is 20.4. The molecule has 1 aliphatic rings. The summed E-state index contributed by atoms with van der Waals surface area (Å²) in [5.74, 6) is 0. The highest BCUT2D eigenvalue weighted by atomic mass is 15.1. The van der Waals surface area contributed by atoms with E-state index in [-0.39, 0.29) is 0 Å². The number of hydrogen-bond donors (Lipinski definition) is 2. The van der Waals surface area contributed by atoms with Crippen molar-refractivity contribution in [1.82, 2.24) is 9.97 Å². The molecule has 4 aromatic rings. The van der Waals surface area contributed by atoms with E-state index in [1.54, 1.807) is 0 Å². The highest BCUT2D eigenvalue weighted by molar-refractivity contribution is 5.96. The van der Waals surface area contributed by atoms with E-state index in [9.17, 15) is 0 Å². The second-order valence-corrected chi connectivity index (χ2v) is 9.00. The Hall–Kier alpha value is -3.47. The number of rotatable bonds is 0. The van der Waals surface area contributed by atoms with Gasteiger partial charge in [0.25, 0.3) is 0 Å². The van der Waals surface area contributed by atoms with Crippen molar-refractivity contribution in [2.24, 2.45) is 0 Å². The third kappa shape index (κ3) is 3.68. The first-order valence-electron chi connectivity index (χ1n) is 11.4. The predicted octanol–water partition coefficient (Wildman–Crippen LogP) is 5.38. The summed E-state index contributed by atoms with van der Waals surface area (Å²) in [5.41, 5.74) is 16.8. The number of nitrogen functional groups attached to an aromatic ring is 1. The Morgan fingerprint density at radius 2 is 1.75 bits per heavy atom. The largest absolute Gasteiger partial charge is 0.398 e. The van der Waals surface area contributed by atoms with Crippen LogP contribution >= 0.6 is 0 Å². The topological polar surface area (TPSA) is 61.2 Å². The molecule has 2 aromatic carbocycles. The van der Waals surface area contributed by atoms with Gasteiger partial charge in [0.2, 0.25) is 0 Å². The van der Waals surface area contributed by atoms with Crippen LogP contribution in [0.3, 0.4) is 0 Å². The van der Waals surface area contributed by atoms with Crippen LogP contribution in [0.25, 0.3) is 22.0 Å². The first-order valence-corrected chi connectivity index (χ1v) is 11.4. The number of anilines is 3. The van der Waals surface area contributed by atoms with Gasteiger partial charge in [-0.2, -0.15) is 0 Å². The molecule has 5 heteroatoms. The van der Waals surface area contributed by atoms with Gasteiger partial charge in [0, 0.05) is 73.3 Å². The van der Waals surface area contributed by atoms with Gasteiger partial charge in [-0.25, -0.2) is 0 Å². The summed E-state index contributed by atoms with van der Waals surface area (Å²) >= 11 is 0. The second kappa shape index (κ2) is 8.23. The van der Waals surface area contributed by atoms with Crippen molar-refractivity contribution in [3.05, 3.63) is 71.7 Å². The summed E-state index contributed by atoms with van der Waals surface area (Å²) in [4.78, 5) is 12.9. The maximum atomic E-state index is 6.42. The number of aryl methyl sites for hydroxylation is 1. The van der Waals surface area contributed by atoms with Crippen molar-refractivity contribution in [3.8, 4) is 11.1 Å². The van der Waals surface area contributed by atoms with Crippen LogP contribution in [-0.4, -0.2) is 37.2 Å². The van der Waals surface area contributed by atoms with Crippen LogP contribution < -0.4 is 15.5 Å². The average Bonchev–Trinajstić information content (AvgIpc) is 3.12. The molecule has 6 bridgehead atoms. The number of nitrogens with one attached hydrogen (secondary N) is 1. The summed E-state index contributed by atoms with van der Waals surface area (Å²) in [6, 6.07) is 15.1. The van der Waals surface area contributed by atoms with Crippen LogP contribution in [0.1, 0.15) is 29.7 Å². The molecule has 0 spiro atoms. The Bertz CT molecular complexity index is 1270. The third-order valence-corrected chi connectivity index (χ3v) is 6.81. The Morgan fingerprint density at radius 3 is 2.59 bits per heavy atom. The summed E-state index contributed by atoms with van der Waals surface area (Å²) in [6.07, 6.45) is 6.93. The van der Waals surface area contributed by atoms with Gasteiger partial charge >= 0.3 is 0 Å². The molecule has 3 heterocycles. The summed E-state index contributed by atoms with van der Waals surface area (Å²) in [7, 11) is 4.35. The molecule has 0 amide bonds. The zero-order valence-electron chi connectivity index (χ0n) is 19.2. The zero-order valence-corrected chi connectivity index (χ0v) is 19.2. The van der Waals surface area contributed by atoms with Crippen LogP contribution in [0.2, 0.25) is 0 Å². The lowest BCUT2D eigenvalue weighted by Gasteiger charge is -2.23. The minimum atomic E-state index is 0.774. The summed E-state index contributed by atoms with van der Waals surface area (Å²) in [5, 5.41) is 1.32. The van der Waals surface area contributed by atoms with Gasteiger partial charge in [-0.05, 0) is 66.8 Å². The average molecular weight is 426 g/mol. The smallest absolute Gasteiger partial charge is 0.0556 e. The highest BCUT2D eigenvalue weighted by Gasteiger charge is 2.16. The maximum Gasteiger partial charge on any atom is 0.0556 e. The molecule has 0 atom stereocenters. The second-order valence-electron chi connectivity index (χ2n) is 9.00. The van der Waals surface area contributed by atoms with Crippen LogP contribution in [0.15, 0.2) is 54.9 Å². The number of pyridine rings is 1. The fourth-order valence-corrected chi connectivity index (χ4v) is 4.81. The first-order chi connectivity index (χ1) is 15.5. The van der Waals surface area contributed by atoms with Crippen molar-refractivity contribution >= 4 is 28.0 Å². The van der Waals surface area contributed by atoms with Crippen LogP contribution in [0.5, 0.6) is 0 Å². The summed E-state index contributed by atoms with van der Waals surface area (Å²) in [6.45, 7) is 4.25. The SMILES string of the molecule is Cc1c2[nH]c3cccc(c13)N(C)CCCCN(C)c1cncc(c1)-c1ccc(N)c(c1)C2. The van der Waals surface area contributed by atoms with Crippen molar-refractivity contribution in [2.45, 2.75) is 26.2 Å². The number of nitrogens with zero attached hydrogens (tertiary/aromatic N) is 3. The molecule has 0 unspecified atom stereocenters. The molecule has 5 rings (SSSR count). The fraction of sp³-hybridized carbons (Fsp3) is 0.296. The number of benzene rings is 2. The quantitative estimate of drug-likeness (QED) is 0.372. The van der Waals surface area contributed by atoms with Crippen molar-refractivity contribution in [1.29, 1.82) is 0 Å². The lowest BCUT2D eigenvalue weighted by molar-refractivity contribution is 0.708. The lowest BCUT2D eigenvalue weighted by atomic mass is 9.98. The zero-order chi connectivity index (χ0) is 22.2. The standard InChI is InChI=1S/C27H31N5/c1-18-25-15-20-13-19(9-10-23(20)28)21-14-22(17-29-16-21)31(2)11-4-5-12-32(3)26-8-6-7-24(30-25)27(18)26/h6-10,13-14,16-17,30H,4-5,11-12,15,28H2,1-3H3. The minimum Gasteiger partial charge on any atom is -0.398 e. The highest BCUT2D eigenvalue weighted by Crippen LogP contribution is 2.34. The minimum absolute atomic E-state index is 0.774. The van der Waals surface area contributed by atoms with E-state index in [1.807, 2.05) is 18.5 Å². The van der Waals surface area contributed by atoms with Crippen molar-refractivity contribution in [2.75, 3.05) is 42.7 Å². The van der Waals surface area contributed by atoms with Crippen molar-refractivity contribution < 1.29 is 0 Å². The molecule has 0 saturated carbocycles. The van der Waals surface area contributed by atoms with E-state index in [2.05, 4.69) is 77.2 Å². The number of fused-ring (bicyclic) bond motifs is 6. The number of H-pyrrole nitrogens is 1. The van der Waals surface area contributed by atoms with Crippen LogP contribution in [-0.2, 0) is 6.42 Å². The normalized spacial score (nSPS) is 14.7. The van der Waals surface area contributed by atoms with Gasteiger partial charge in [-0.3, -0.25) is 4.98 Å². The van der Waals surface area contributed by atoms with E-state index >= 15 is 0 Å². The molecule has 32 heavy (non-hydrogen) atoms. The van der Waals surface area contributed by atoms with Gasteiger partial charge in [-0.15, -0.1) is 0 Å². The molecule has 164 valence electrons. The number of hydrogen-bond acceptors (Lipinski definition) is 4. The monoisotopic (exact) mass is 425 g/mol. The van der Waals surface area contributed by atoms with Crippen LogP contribution in [0, 0.1) is 6.92 Å². The number of nitrogens with two attached hydrogens (primary N) is 1. The van der Waals surface area contributed by atoms with Gasteiger partial charge < -0.3 is 20.5 Å². The molecule has 5 nitrogen and oxygen atoms in total.